The van der Waals surface area contributed by atoms with Crippen molar-refractivity contribution in [2.24, 2.45) is 5.92 Å². The van der Waals surface area contributed by atoms with Crippen LogP contribution in [0, 0.1) is 19.8 Å². The summed E-state index contributed by atoms with van der Waals surface area (Å²) in [4.78, 5) is 6.87. The van der Waals surface area contributed by atoms with E-state index >= 15 is 0 Å². The van der Waals surface area contributed by atoms with E-state index in [1.165, 1.54) is 12.8 Å². The SMILES string of the molecule is Cc1nnc(N2CCCC2CNCC(C)C)nc1C. The van der Waals surface area contributed by atoms with Crippen molar-refractivity contribution < 1.29 is 0 Å². The monoisotopic (exact) mass is 263 g/mol. The van der Waals surface area contributed by atoms with E-state index in [-0.39, 0.29) is 0 Å². The van der Waals surface area contributed by atoms with Crippen LogP contribution in [0.5, 0.6) is 0 Å². The Morgan fingerprint density at radius 3 is 2.74 bits per heavy atom. The van der Waals surface area contributed by atoms with Crippen molar-refractivity contribution in [1.82, 2.24) is 20.5 Å². The van der Waals surface area contributed by atoms with Crippen LogP contribution in [0.3, 0.4) is 0 Å². The van der Waals surface area contributed by atoms with Crippen molar-refractivity contribution in [2.45, 2.75) is 46.6 Å². The Morgan fingerprint density at radius 1 is 1.26 bits per heavy atom. The molecule has 1 aliphatic heterocycles. The van der Waals surface area contributed by atoms with Crippen LogP contribution in [0.1, 0.15) is 38.1 Å². The Morgan fingerprint density at radius 2 is 2.05 bits per heavy atom. The molecule has 5 nitrogen and oxygen atoms in total. The lowest BCUT2D eigenvalue weighted by Crippen LogP contribution is -2.40. The van der Waals surface area contributed by atoms with Crippen molar-refractivity contribution in [1.29, 1.82) is 0 Å². The zero-order valence-electron chi connectivity index (χ0n) is 12.5. The summed E-state index contributed by atoms with van der Waals surface area (Å²) in [5, 5.41) is 12.0. The topological polar surface area (TPSA) is 53.9 Å². The molecule has 1 saturated heterocycles. The first-order valence-electron chi connectivity index (χ1n) is 7.23. The Bertz CT molecular complexity index is 418. The first-order chi connectivity index (χ1) is 9.08. The number of aryl methyl sites for hydroxylation is 2. The normalized spacial score (nSPS) is 19.4. The van der Waals surface area contributed by atoms with Gasteiger partial charge < -0.3 is 10.2 Å². The molecule has 0 amide bonds. The van der Waals surface area contributed by atoms with Crippen molar-refractivity contribution in [3.8, 4) is 0 Å². The largest absolute Gasteiger partial charge is 0.335 e. The van der Waals surface area contributed by atoms with E-state index in [1.807, 2.05) is 13.8 Å². The summed E-state index contributed by atoms with van der Waals surface area (Å²) < 4.78 is 0. The minimum atomic E-state index is 0.502. The lowest BCUT2D eigenvalue weighted by Gasteiger charge is -2.25. The van der Waals surface area contributed by atoms with Crippen LogP contribution in [0.15, 0.2) is 0 Å². The average Bonchev–Trinajstić information content (AvgIpc) is 2.80. The summed E-state index contributed by atoms with van der Waals surface area (Å²) >= 11 is 0. The molecule has 0 aliphatic carbocycles. The highest BCUT2D eigenvalue weighted by molar-refractivity contribution is 5.33. The Kier molecular flexibility index (Phi) is 4.69. The fourth-order valence-electron chi connectivity index (χ4n) is 2.42. The van der Waals surface area contributed by atoms with Gasteiger partial charge in [0.2, 0.25) is 5.95 Å². The van der Waals surface area contributed by atoms with Crippen LogP contribution in [0.25, 0.3) is 0 Å². The molecule has 1 N–H and O–H groups in total. The predicted molar refractivity (Wildman–Crippen MR) is 77.4 cm³/mol. The van der Waals surface area contributed by atoms with Crippen LogP contribution in [0.2, 0.25) is 0 Å². The van der Waals surface area contributed by atoms with Crippen LogP contribution < -0.4 is 10.2 Å². The van der Waals surface area contributed by atoms with Gasteiger partial charge in [-0.3, -0.25) is 0 Å². The maximum absolute atomic E-state index is 4.57. The number of nitrogens with zero attached hydrogens (tertiary/aromatic N) is 4. The molecule has 1 aromatic heterocycles. The second-order valence-corrected chi connectivity index (χ2v) is 5.82. The molecule has 0 aromatic carbocycles. The van der Waals surface area contributed by atoms with Gasteiger partial charge in [0.05, 0.1) is 11.4 Å². The second-order valence-electron chi connectivity index (χ2n) is 5.82. The van der Waals surface area contributed by atoms with Crippen molar-refractivity contribution in [3.63, 3.8) is 0 Å². The lowest BCUT2D eigenvalue weighted by molar-refractivity contribution is 0.509. The molecule has 19 heavy (non-hydrogen) atoms. The molecule has 0 saturated carbocycles. The van der Waals surface area contributed by atoms with Gasteiger partial charge in [-0.1, -0.05) is 13.8 Å². The average molecular weight is 263 g/mol. The van der Waals surface area contributed by atoms with Crippen molar-refractivity contribution in [2.75, 3.05) is 24.5 Å². The van der Waals surface area contributed by atoms with Crippen LogP contribution in [-0.2, 0) is 0 Å². The molecule has 5 heteroatoms. The molecule has 106 valence electrons. The summed E-state index contributed by atoms with van der Waals surface area (Å²) in [6.45, 7) is 11.5. The summed E-state index contributed by atoms with van der Waals surface area (Å²) in [6.07, 6.45) is 2.42. The van der Waals surface area contributed by atoms with Crippen molar-refractivity contribution in [3.05, 3.63) is 11.4 Å². The molecular weight excluding hydrogens is 238 g/mol. The van der Waals surface area contributed by atoms with E-state index in [1.54, 1.807) is 0 Å². The fraction of sp³-hybridized carbons (Fsp3) is 0.786. The van der Waals surface area contributed by atoms with E-state index in [2.05, 4.69) is 39.2 Å². The molecule has 2 rings (SSSR count). The number of rotatable bonds is 5. The van der Waals surface area contributed by atoms with Gasteiger partial charge in [-0.25, -0.2) is 4.98 Å². The predicted octanol–water partition coefficient (Wildman–Crippen LogP) is 1.70. The molecule has 1 aromatic rings. The van der Waals surface area contributed by atoms with Crippen LogP contribution >= 0.6 is 0 Å². The lowest BCUT2D eigenvalue weighted by atomic mass is 10.2. The van der Waals surface area contributed by atoms with Crippen molar-refractivity contribution >= 4 is 5.95 Å². The van der Waals surface area contributed by atoms with Gasteiger partial charge >= 0.3 is 0 Å². The highest BCUT2D eigenvalue weighted by Gasteiger charge is 2.26. The molecule has 1 fully saturated rings. The summed E-state index contributed by atoms with van der Waals surface area (Å²) in [6, 6.07) is 0.502. The van der Waals surface area contributed by atoms with E-state index < -0.39 is 0 Å². The Hall–Kier alpha value is -1.23. The number of hydrogen-bond acceptors (Lipinski definition) is 5. The highest BCUT2D eigenvalue weighted by atomic mass is 15.3. The maximum Gasteiger partial charge on any atom is 0.245 e. The molecular formula is C14H25N5. The molecule has 0 radical (unpaired) electrons. The summed E-state index contributed by atoms with van der Waals surface area (Å²) in [5.41, 5.74) is 1.89. The first-order valence-corrected chi connectivity index (χ1v) is 7.23. The van der Waals surface area contributed by atoms with Gasteiger partial charge in [0, 0.05) is 19.1 Å². The number of nitrogens with one attached hydrogen (secondary N) is 1. The zero-order valence-corrected chi connectivity index (χ0v) is 12.5. The van der Waals surface area contributed by atoms with Crippen LogP contribution in [0.4, 0.5) is 5.95 Å². The molecule has 2 heterocycles. The smallest absolute Gasteiger partial charge is 0.245 e. The standard InChI is InChI=1S/C14H25N5/c1-10(2)8-15-9-13-6-5-7-19(13)14-16-11(3)12(4)17-18-14/h10,13,15H,5-9H2,1-4H3. The molecule has 0 spiro atoms. The van der Waals surface area contributed by atoms with Gasteiger partial charge in [0.1, 0.15) is 0 Å². The molecule has 1 unspecified atom stereocenters. The fourth-order valence-corrected chi connectivity index (χ4v) is 2.42. The number of aromatic nitrogens is 3. The van der Waals surface area contributed by atoms with Gasteiger partial charge in [-0.2, -0.15) is 5.10 Å². The van der Waals surface area contributed by atoms with Crippen LogP contribution in [-0.4, -0.2) is 40.9 Å². The molecule has 1 atom stereocenters. The first kappa shape index (κ1) is 14.2. The quantitative estimate of drug-likeness (QED) is 0.876. The van der Waals surface area contributed by atoms with Gasteiger partial charge in [0.25, 0.3) is 0 Å². The maximum atomic E-state index is 4.57. The Labute approximate surface area is 115 Å². The van der Waals surface area contributed by atoms with E-state index in [9.17, 15) is 0 Å². The van der Waals surface area contributed by atoms with E-state index in [4.69, 9.17) is 0 Å². The third-order valence-corrected chi connectivity index (χ3v) is 3.65. The highest BCUT2D eigenvalue weighted by Crippen LogP contribution is 2.21. The summed E-state index contributed by atoms with van der Waals surface area (Å²) in [7, 11) is 0. The minimum Gasteiger partial charge on any atom is -0.335 e. The molecule has 0 bridgehead atoms. The third-order valence-electron chi connectivity index (χ3n) is 3.65. The Balaban J connectivity index is 1.99. The summed E-state index contributed by atoms with van der Waals surface area (Å²) in [5.74, 6) is 1.48. The van der Waals surface area contributed by atoms with Gasteiger partial charge in [-0.15, -0.1) is 5.10 Å². The van der Waals surface area contributed by atoms with E-state index in [0.717, 1.165) is 37.0 Å². The second kappa shape index (κ2) is 6.28. The van der Waals surface area contributed by atoms with Gasteiger partial charge in [0.15, 0.2) is 0 Å². The minimum absolute atomic E-state index is 0.502. The third kappa shape index (κ3) is 3.62. The molecule has 1 aliphatic rings. The number of hydrogen-bond donors (Lipinski definition) is 1. The van der Waals surface area contributed by atoms with E-state index in [0.29, 0.717) is 12.0 Å². The zero-order chi connectivity index (χ0) is 13.8. The van der Waals surface area contributed by atoms with Gasteiger partial charge in [-0.05, 0) is 39.2 Å². The number of anilines is 1.